The van der Waals surface area contributed by atoms with Crippen LogP contribution in [-0.4, -0.2) is 58.4 Å². The molecular weight excluding hydrogens is 475 g/mol. The normalized spacial score (nSPS) is 15.1. The van der Waals surface area contributed by atoms with E-state index in [4.69, 9.17) is 20.8 Å². The molecule has 1 atom stereocenters. The third-order valence-corrected chi connectivity index (χ3v) is 6.35. The predicted octanol–water partition coefficient (Wildman–Crippen LogP) is 4.31. The molecule has 1 saturated heterocycles. The van der Waals surface area contributed by atoms with Gasteiger partial charge in [-0.15, -0.1) is 17.5 Å². The number of rotatable bonds is 7. The summed E-state index contributed by atoms with van der Waals surface area (Å²) >= 11 is 6.66. The Kier molecular flexibility index (Phi) is 7.72. The van der Waals surface area contributed by atoms with Gasteiger partial charge in [-0.05, 0) is 58.5 Å². The average molecular weight is 501 g/mol. The van der Waals surface area contributed by atoms with Crippen LogP contribution in [0.25, 0.3) is 0 Å². The van der Waals surface area contributed by atoms with E-state index in [1.807, 2.05) is 42.5 Å². The van der Waals surface area contributed by atoms with Gasteiger partial charge in [0.15, 0.2) is 5.82 Å². The molecule has 0 aliphatic carbocycles. The lowest BCUT2D eigenvalue weighted by Gasteiger charge is -2.40. The minimum absolute atomic E-state index is 0. The molecule has 0 spiro atoms. The molecule has 0 N–H and O–H groups in total. The Labute approximate surface area is 209 Å². The number of ether oxygens (including phenoxy) is 1. The van der Waals surface area contributed by atoms with Crippen molar-refractivity contribution in [3.63, 3.8) is 0 Å². The van der Waals surface area contributed by atoms with Crippen LogP contribution in [0.1, 0.15) is 23.2 Å². The SMILES string of the molecule is COc1ccc(N2CCN(C(c3ccccc3Cl)c3nnnn3Cc3ccco3)CC2)cc1.Cl. The van der Waals surface area contributed by atoms with Gasteiger partial charge >= 0.3 is 0 Å². The fourth-order valence-corrected chi connectivity index (χ4v) is 4.54. The lowest BCUT2D eigenvalue weighted by Crippen LogP contribution is -2.48. The van der Waals surface area contributed by atoms with Gasteiger partial charge in [-0.3, -0.25) is 4.90 Å². The van der Waals surface area contributed by atoms with Crippen molar-refractivity contribution in [2.75, 3.05) is 38.2 Å². The summed E-state index contributed by atoms with van der Waals surface area (Å²) < 4.78 is 12.6. The highest BCUT2D eigenvalue weighted by molar-refractivity contribution is 6.31. The highest BCUT2D eigenvalue weighted by Crippen LogP contribution is 2.33. The number of furan rings is 1. The summed E-state index contributed by atoms with van der Waals surface area (Å²) in [6, 6.07) is 19.7. The number of anilines is 1. The maximum absolute atomic E-state index is 6.66. The number of piperazine rings is 1. The topological polar surface area (TPSA) is 72.5 Å². The van der Waals surface area contributed by atoms with E-state index >= 15 is 0 Å². The molecule has 10 heteroatoms. The molecule has 0 saturated carbocycles. The highest BCUT2D eigenvalue weighted by Gasteiger charge is 2.32. The van der Waals surface area contributed by atoms with E-state index < -0.39 is 0 Å². The Balaban J connectivity index is 0.00000274. The summed E-state index contributed by atoms with van der Waals surface area (Å²) in [6.07, 6.45) is 1.66. The Morgan fingerprint density at radius 3 is 2.44 bits per heavy atom. The van der Waals surface area contributed by atoms with Gasteiger partial charge in [0.05, 0.1) is 19.4 Å². The van der Waals surface area contributed by atoms with Crippen molar-refractivity contribution in [1.29, 1.82) is 0 Å². The summed E-state index contributed by atoms with van der Waals surface area (Å²) in [6.45, 7) is 3.91. The first kappa shape index (κ1) is 24.1. The van der Waals surface area contributed by atoms with Gasteiger partial charge < -0.3 is 14.1 Å². The number of hydrogen-bond acceptors (Lipinski definition) is 7. The lowest BCUT2D eigenvalue weighted by atomic mass is 10.0. The molecule has 2 aromatic heterocycles. The second kappa shape index (κ2) is 10.9. The summed E-state index contributed by atoms with van der Waals surface area (Å²) in [5, 5.41) is 13.3. The molecule has 178 valence electrons. The molecule has 0 amide bonds. The zero-order chi connectivity index (χ0) is 22.6. The molecule has 0 bridgehead atoms. The van der Waals surface area contributed by atoms with Crippen molar-refractivity contribution in [3.05, 3.63) is 89.1 Å². The minimum Gasteiger partial charge on any atom is -0.497 e. The Bertz CT molecular complexity index is 1170. The molecule has 0 radical (unpaired) electrons. The van der Waals surface area contributed by atoms with Crippen LogP contribution in [0, 0.1) is 0 Å². The van der Waals surface area contributed by atoms with Gasteiger partial charge in [-0.25, -0.2) is 4.68 Å². The number of aromatic nitrogens is 4. The third-order valence-electron chi connectivity index (χ3n) is 6.01. The van der Waals surface area contributed by atoms with Gasteiger partial charge in [0.2, 0.25) is 0 Å². The molecule has 4 aromatic rings. The molecule has 1 aliphatic heterocycles. The van der Waals surface area contributed by atoms with Crippen LogP contribution in [0.2, 0.25) is 5.02 Å². The van der Waals surface area contributed by atoms with Crippen LogP contribution in [0.5, 0.6) is 5.75 Å². The molecule has 8 nitrogen and oxygen atoms in total. The molecule has 34 heavy (non-hydrogen) atoms. The lowest BCUT2D eigenvalue weighted by molar-refractivity contribution is 0.201. The van der Waals surface area contributed by atoms with Crippen LogP contribution < -0.4 is 9.64 Å². The zero-order valence-electron chi connectivity index (χ0n) is 18.7. The van der Waals surface area contributed by atoms with E-state index in [1.165, 1.54) is 5.69 Å². The largest absolute Gasteiger partial charge is 0.497 e. The van der Waals surface area contributed by atoms with Crippen LogP contribution in [-0.2, 0) is 6.54 Å². The summed E-state index contributed by atoms with van der Waals surface area (Å²) in [5.74, 6) is 2.41. The van der Waals surface area contributed by atoms with Gasteiger partial charge in [-0.1, -0.05) is 29.8 Å². The molecular formula is C24H26Cl2N6O2. The summed E-state index contributed by atoms with van der Waals surface area (Å²) in [5.41, 5.74) is 2.18. The fraction of sp³-hybridized carbons (Fsp3) is 0.292. The summed E-state index contributed by atoms with van der Waals surface area (Å²) in [7, 11) is 1.68. The predicted molar refractivity (Wildman–Crippen MR) is 133 cm³/mol. The maximum atomic E-state index is 6.66. The van der Waals surface area contributed by atoms with Crippen molar-refractivity contribution >= 4 is 29.7 Å². The zero-order valence-corrected chi connectivity index (χ0v) is 20.3. The van der Waals surface area contributed by atoms with E-state index in [9.17, 15) is 0 Å². The summed E-state index contributed by atoms with van der Waals surface area (Å²) in [4.78, 5) is 4.77. The first-order valence-corrected chi connectivity index (χ1v) is 11.3. The number of benzene rings is 2. The Morgan fingerprint density at radius 2 is 1.76 bits per heavy atom. The molecule has 1 fully saturated rings. The van der Waals surface area contributed by atoms with Crippen LogP contribution in [0.3, 0.4) is 0 Å². The van der Waals surface area contributed by atoms with Crippen LogP contribution >= 0.6 is 24.0 Å². The van der Waals surface area contributed by atoms with Crippen molar-refractivity contribution in [2.45, 2.75) is 12.6 Å². The third kappa shape index (κ3) is 5.04. The molecule has 2 aromatic carbocycles. The monoisotopic (exact) mass is 500 g/mol. The van der Waals surface area contributed by atoms with Gasteiger partial charge in [0, 0.05) is 36.9 Å². The standard InChI is InChI=1S/C24H25ClN6O2.ClH/c1-32-19-10-8-18(9-11-19)29-12-14-30(15-13-29)23(21-6-2-3-7-22(21)25)24-26-27-28-31(24)17-20-5-4-16-33-20;/h2-11,16,23H,12-15,17H2,1H3;1H. The number of halogens is 2. The molecule has 1 unspecified atom stereocenters. The second-order valence-electron chi connectivity index (χ2n) is 7.92. The first-order chi connectivity index (χ1) is 16.2. The van der Waals surface area contributed by atoms with E-state index in [0.29, 0.717) is 11.6 Å². The van der Waals surface area contributed by atoms with Gasteiger partial charge in [0.1, 0.15) is 18.1 Å². The van der Waals surface area contributed by atoms with Crippen LogP contribution in [0.15, 0.2) is 71.3 Å². The van der Waals surface area contributed by atoms with Crippen molar-refractivity contribution in [3.8, 4) is 5.75 Å². The van der Waals surface area contributed by atoms with Crippen molar-refractivity contribution < 1.29 is 9.15 Å². The maximum Gasteiger partial charge on any atom is 0.173 e. The molecule has 5 rings (SSSR count). The Morgan fingerprint density at radius 1 is 1.00 bits per heavy atom. The second-order valence-corrected chi connectivity index (χ2v) is 8.33. The average Bonchev–Trinajstić information content (AvgIpc) is 3.54. The quantitative estimate of drug-likeness (QED) is 0.374. The van der Waals surface area contributed by atoms with Crippen molar-refractivity contribution in [1.82, 2.24) is 25.1 Å². The van der Waals surface area contributed by atoms with Crippen LogP contribution in [0.4, 0.5) is 5.69 Å². The number of methoxy groups -OCH3 is 1. The highest BCUT2D eigenvalue weighted by atomic mass is 35.5. The van der Waals surface area contributed by atoms with E-state index in [-0.39, 0.29) is 18.4 Å². The van der Waals surface area contributed by atoms with E-state index in [0.717, 1.165) is 49.1 Å². The van der Waals surface area contributed by atoms with Crippen molar-refractivity contribution in [2.24, 2.45) is 0 Å². The van der Waals surface area contributed by atoms with E-state index in [2.05, 4.69) is 43.5 Å². The van der Waals surface area contributed by atoms with Gasteiger partial charge in [0.25, 0.3) is 0 Å². The van der Waals surface area contributed by atoms with E-state index in [1.54, 1.807) is 18.1 Å². The molecule has 1 aliphatic rings. The molecule has 3 heterocycles. The Hall–Kier alpha value is -3.07. The smallest absolute Gasteiger partial charge is 0.173 e. The minimum atomic E-state index is -0.165. The van der Waals surface area contributed by atoms with Gasteiger partial charge in [-0.2, -0.15) is 0 Å². The number of nitrogens with zero attached hydrogens (tertiary/aromatic N) is 6. The number of hydrogen-bond donors (Lipinski definition) is 0. The first-order valence-electron chi connectivity index (χ1n) is 10.9. The number of tetrazole rings is 1. The fourth-order valence-electron chi connectivity index (χ4n) is 4.30.